The summed E-state index contributed by atoms with van der Waals surface area (Å²) in [6.45, 7) is 3.23. The standard InChI is InChI=1S/C18H16ClN3O3/c1-18(2,17(24)25)12-5-3-11(4-6-12)16(23)21-14-10-22-9-13(19)7-8-15(22)20-14/h3-10H,1-2H3,(H,21,23)(H,24,25). The summed E-state index contributed by atoms with van der Waals surface area (Å²) < 4.78 is 1.72. The molecule has 0 saturated carbocycles. The summed E-state index contributed by atoms with van der Waals surface area (Å²) in [6, 6.07) is 9.96. The molecule has 0 fully saturated rings. The number of carboxylic acid groups (broad SMARTS) is 1. The number of carbonyl (C=O) groups is 2. The number of amides is 1. The van der Waals surface area contributed by atoms with E-state index < -0.39 is 11.4 Å². The van der Waals surface area contributed by atoms with Gasteiger partial charge >= 0.3 is 5.97 Å². The highest BCUT2D eigenvalue weighted by atomic mass is 35.5. The van der Waals surface area contributed by atoms with Crippen molar-refractivity contribution in [1.29, 1.82) is 0 Å². The lowest BCUT2D eigenvalue weighted by atomic mass is 9.84. The smallest absolute Gasteiger partial charge is 0.313 e. The van der Waals surface area contributed by atoms with Gasteiger partial charge in [-0.05, 0) is 43.7 Å². The highest BCUT2D eigenvalue weighted by Gasteiger charge is 2.29. The van der Waals surface area contributed by atoms with Crippen molar-refractivity contribution in [3.8, 4) is 0 Å². The fourth-order valence-electron chi connectivity index (χ4n) is 2.38. The van der Waals surface area contributed by atoms with Crippen LogP contribution in [0.2, 0.25) is 5.02 Å². The van der Waals surface area contributed by atoms with E-state index in [1.165, 1.54) is 0 Å². The average Bonchev–Trinajstić information content (AvgIpc) is 2.96. The molecule has 7 heteroatoms. The van der Waals surface area contributed by atoms with E-state index in [0.717, 1.165) is 0 Å². The number of imidazole rings is 1. The van der Waals surface area contributed by atoms with E-state index in [2.05, 4.69) is 10.3 Å². The maximum Gasteiger partial charge on any atom is 0.313 e. The molecule has 25 heavy (non-hydrogen) atoms. The first kappa shape index (κ1) is 17.0. The number of anilines is 1. The molecule has 128 valence electrons. The molecule has 2 heterocycles. The lowest BCUT2D eigenvalue weighted by molar-refractivity contribution is -0.142. The number of nitrogens with one attached hydrogen (secondary N) is 1. The van der Waals surface area contributed by atoms with Crippen LogP contribution in [0.4, 0.5) is 5.82 Å². The molecule has 0 spiro atoms. The molecule has 0 unspecified atom stereocenters. The van der Waals surface area contributed by atoms with Crippen molar-refractivity contribution in [3.63, 3.8) is 0 Å². The number of benzene rings is 1. The molecule has 3 aromatic rings. The second-order valence-corrected chi connectivity index (χ2v) is 6.64. The van der Waals surface area contributed by atoms with Crippen LogP contribution in [0.3, 0.4) is 0 Å². The molecule has 0 radical (unpaired) electrons. The van der Waals surface area contributed by atoms with E-state index in [1.807, 2.05) is 0 Å². The van der Waals surface area contributed by atoms with Crippen LogP contribution in [0.1, 0.15) is 29.8 Å². The van der Waals surface area contributed by atoms with Gasteiger partial charge in [0.05, 0.1) is 16.6 Å². The zero-order chi connectivity index (χ0) is 18.2. The third-order valence-electron chi connectivity index (χ3n) is 4.06. The molecular weight excluding hydrogens is 342 g/mol. The number of carboxylic acids is 1. The van der Waals surface area contributed by atoms with E-state index in [-0.39, 0.29) is 5.91 Å². The number of fused-ring (bicyclic) bond motifs is 1. The first-order valence-corrected chi connectivity index (χ1v) is 7.95. The minimum Gasteiger partial charge on any atom is -0.481 e. The first-order chi connectivity index (χ1) is 11.8. The lowest BCUT2D eigenvalue weighted by Crippen LogP contribution is -2.28. The third kappa shape index (κ3) is 3.34. The molecule has 1 amide bonds. The van der Waals surface area contributed by atoms with Crippen LogP contribution in [0, 0.1) is 0 Å². The third-order valence-corrected chi connectivity index (χ3v) is 4.28. The second kappa shape index (κ2) is 6.22. The van der Waals surface area contributed by atoms with Gasteiger partial charge in [0.25, 0.3) is 5.91 Å². The van der Waals surface area contributed by atoms with Crippen LogP contribution in [0.25, 0.3) is 5.65 Å². The van der Waals surface area contributed by atoms with Gasteiger partial charge in [0, 0.05) is 11.8 Å². The summed E-state index contributed by atoms with van der Waals surface area (Å²) in [4.78, 5) is 27.9. The molecule has 0 atom stereocenters. The van der Waals surface area contributed by atoms with Crippen molar-refractivity contribution in [3.05, 3.63) is 64.9 Å². The Balaban J connectivity index is 1.79. The maximum atomic E-state index is 12.3. The zero-order valence-corrected chi connectivity index (χ0v) is 14.4. The largest absolute Gasteiger partial charge is 0.481 e. The lowest BCUT2D eigenvalue weighted by Gasteiger charge is -2.19. The fraction of sp³-hybridized carbons (Fsp3) is 0.167. The number of halogens is 1. The molecule has 2 N–H and O–H groups in total. The van der Waals surface area contributed by atoms with Crippen molar-refractivity contribution in [2.75, 3.05) is 5.32 Å². The Labute approximate surface area is 149 Å². The van der Waals surface area contributed by atoms with Crippen LogP contribution >= 0.6 is 11.6 Å². The molecule has 6 nitrogen and oxygen atoms in total. The Hall–Kier alpha value is -2.86. The van der Waals surface area contributed by atoms with Gasteiger partial charge in [0.2, 0.25) is 0 Å². The van der Waals surface area contributed by atoms with Crippen LogP contribution in [0.15, 0.2) is 48.8 Å². The number of hydrogen-bond donors (Lipinski definition) is 2. The van der Waals surface area contributed by atoms with E-state index in [1.54, 1.807) is 67.0 Å². The van der Waals surface area contributed by atoms with Crippen LogP contribution in [-0.2, 0) is 10.2 Å². The van der Waals surface area contributed by atoms with Crippen LogP contribution in [-0.4, -0.2) is 26.4 Å². The summed E-state index contributed by atoms with van der Waals surface area (Å²) in [7, 11) is 0. The quantitative estimate of drug-likeness (QED) is 0.747. The Bertz CT molecular complexity index is 961. The predicted molar refractivity (Wildman–Crippen MR) is 95.3 cm³/mol. The van der Waals surface area contributed by atoms with Crippen LogP contribution < -0.4 is 5.32 Å². The van der Waals surface area contributed by atoms with Gasteiger partial charge in [-0.2, -0.15) is 0 Å². The highest BCUT2D eigenvalue weighted by molar-refractivity contribution is 6.30. The van der Waals surface area contributed by atoms with Crippen molar-refractivity contribution in [2.45, 2.75) is 19.3 Å². The van der Waals surface area contributed by atoms with Gasteiger partial charge in [-0.3, -0.25) is 9.59 Å². The summed E-state index contributed by atoms with van der Waals surface area (Å²) in [5.41, 5.74) is 0.688. The summed E-state index contributed by atoms with van der Waals surface area (Å²) in [5.74, 6) is -0.843. The molecule has 2 aromatic heterocycles. The Kier molecular flexibility index (Phi) is 4.22. The van der Waals surface area contributed by atoms with Crippen molar-refractivity contribution < 1.29 is 14.7 Å². The number of pyridine rings is 1. The second-order valence-electron chi connectivity index (χ2n) is 6.20. The minimum absolute atomic E-state index is 0.325. The van der Waals surface area contributed by atoms with Crippen molar-refractivity contribution >= 4 is 34.9 Å². The SMILES string of the molecule is CC(C)(C(=O)O)c1ccc(C(=O)Nc2cn3cc(Cl)ccc3n2)cc1. The molecule has 0 aliphatic carbocycles. The van der Waals surface area contributed by atoms with Gasteiger partial charge in [-0.15, -0.1) is 0 Å². The van der Waals surface area contributed by atoms with Crippen LogP contribution in [0.5, 0.6) is 0 Å². The number of rotatable bonds is 4. The molecule has 3 rings (SSSR count). The van der Waals surface area contributed by atoms with Crippen molar-refractivity contribution in [2.24, 2.45) is 0 Å². The number of carbonyl (C=O) groups excluding carboxylic acids is 1. The van der Waals surface area contributed by atoms with Gasteiger partial charge in [0.15, 0.2) is 5.82 Å². The average molecular weight is 358 g/mol. The van der Waals surface area contributed by atoms with E-state index >= 15 is 0 Å². The molecule has 1 aromatic carbocycles. The number of nitrogens with zero attached hydrogens (tertiary/aromatic N) is 2. The van der Waals surface area contributed by atoms with E-state index in [4.69, 9.17) is 11.6 Å². The molecule has 0 aliphatic heterocycles. The molecule has 0 saturated heterocycles. The topological polar surface area (TPSA) is 83.7 Å². The number of hydrogen-bond acceptors (Lipinski definition) is 3. The van der Waals surface area contributed by atoms with E-state index in [0.29, 0.717) is 27.6 Å². The van der Waals surface area contributed by atoms with Gasteiger partial charge in [0.1, 0.15) is 5.65 Å². The zero-order valence-electron chi connectivity index (χ0n) is 13.7. The maximum absolute atomic E-state index is 12.3. The Morgan fingerprint density at radius 2 is 1.80 bits per heavy atom. The Morgan fingerprint density at radius 3 is 2.44 bits per heavy atom. The Morgan fingerprint density at radius 1 is 1.12 bits per heavy atom. The van der Waals surface area contributed by atoms with Gasteiger partial charge in [-0.1, -0.05) is 23.7 Å². The molecule has 0 bridgehead atoms. The molecule has 0 aliphatic rings. The summed E-state index contributed by atoms with van der Waals surface area (Å²) in [5, 5.41) is 12.5. The van der Waals surface area contributed by atoms with Crippen molar-refractivity contribution in [1.82, 2.24) is 9.38 Å². The highest BCUT2D eigenvalue weighted by Crippen LogP contribution is 2.24. The van der Waals surface area contributed by atoms with E-state index in [9.17, 15) is 14.7 Å². The first-order valence-electron chi connectivity index (χ1n) is 7.57. The minimum atomic E-state index is -1.02. The van der Waals surface area contributed by atoms with Gasteiger partial charge < -0.3 is 14.8 Å². The molecular formula is C18H16ClN3O3. The summed E-state index contributed by atoms with van der Waals surface area (Å²) in [6.07, 6.45) is 3.36. The predicted octanol–water partition coefficient (Wildman–Crippen LogP) is 3.60. The monoisotopic (exact) mass is 357 g/mol. The number of aromatic nitrogens is 2. The normalized spacial score (nSPS) is 11.5. The van der Waals surface area contributed by atoms with Gasteiger partial charge in [-0.25, -0.2) is 4.98 Å². The number of aliphatic carboxylic acids is 1. The summed E-state index contributed by atoms with van der Waals surface area (Å²) >= 11 is 5.93. The fourth-order valence-corrected chi connectivity index (χ4v) is 2.54.